The molecule has 0 radical (unpaired) electrons. The molecule has 0 saturated carbocycles. The van der Waals surface area contributed by atoms with Crippen LogP contribution in [0.2, 0.25) is 0 Å². The van der Waals surface area contributed by atoms with Crippen LogP contribution in [-0.4, -0.2) is 24.0 Å². The third kappa shape index (κ3) is 4.46. The van der Waals surface area contributed by atoms with Gasteiger partial charge in [-0.05, 0) is 37.6 Å². The summed E-state index contributed by atoms with van der Waals surface area (Å²) in [5, 5.41) is 3.38. The third-order valence-electron chi connectivity index (χ3n) is 3.16. The second kappa shape index (κ2) is 7.79. The number of anilines is 1. The Morgan fingerprint density at radius 2 is 2.09 bits per heavy atom. The lowest BCUT2D eigenvalue weighted by atomic mass is 10.1. The quantitative estimate of drug-likeness (QED) is 0.769. The molecular weight excluding hydrogens is 298 g/mol. The van der Waals surface area contributed by atoms with Gasteiger partial charge in [0, 0.05) is 17.0 Å². The Hall–Kier alpha value is -2.08. The molecule has 1 amide bonds. The zero-order valence-corrected chi connectivity index (χ0v) is 13.7. The Morgan fingerprint density at radius 1 is 1.36 bits per heavy atom. The van der Waals surface area contributed by atoms with Gasteiger partial charge in [-0.2, -0.15) is 0 Å². The fourth-order valence-electron chi connectivity index (χ4n) is 2.00. The minimum Gasteiger partial charge on any atom is -0.484 e. The van der Waals surface area contributed by atoms with Crippen molar-refractivity contribution in [1.29, 1.82) is 0 Å². The van der Waals surface area contributed by atoms with E-state index in [1.165, 1.54) is 11.3 Å². The fraction of sp³-hybridized carbons (Fsp3) is 0.375. The average molecular weight is 319 g/mol. The number of benzene rings is 1. The molecule has 0 unspecified atom stereocenters. The molecule has 0 bridgehead atoms. The van der Waals surface area contributed by atoms with Crippen molar-refractivity contribution in [2.24, 2.45) is 0 Å². The number of nitrogens with two attached hydrogens (primary N) is 1. The van der Waals surface area contributed by atoms with Crippen molar-refractivity contribution >= 4 is 22.4 Å². The number of carbonyl (C=O) groups is 1. The molecule has 22 heavy (non-hydrogen) atoms. The Morgan fingerprint density at radius 3 is 2.68 bits per heavy atom. The van der Waals surface area contributed by atoms with Crippen LogP contribution in [0.3, 0.4) is 0 Å². The molecule has 5 nitrogen and oxygen atoms in total. The van der Waals surface area contributed by atoms with E-state index in [4.69, 9.17) is 10.5 Å². The van der Waals surface area contributed by atoms with Crippen LogP contribution in [0.1, 0.15) is 24.6 Å². The van der Waals surface area contributed by atoms with Gasteiger partial charge < -0.3 is 15.8 Å². The van der Waals surface area contributed by atoms with Gasteiger partial charge >= 0.3 is 0 Å². The molecular formula is C16H21N3O2S. The van der Waals surface area contributed by atoms with Crippen LogP contribution in [0.25, 0.3) is 11.3 Å². The molecule has 118 valence electrons. The zero-order valence-electron chi connectivity index (χ0n) is 12.9. The molecule has 0 aliphatic rings. The first-order chi connectivity index (χ1) is 10.6. The summed E-state index contributed by atoms with van der Waals surface area (Å²) in [6, 6.07) is 7.52. The summed E-state index contributed by atoms with van der Waals surface area (Å²) < 4.78 is 5.47. The van der Waals surface area contributed by atoms with Gasteiger partial charge in [-0.15, -0.1) is 11.3 Å². The number of carbonyl (C=O) groups excluding carboxylic acids is 1. The number of thiazole rings is 1. The van der Waals surface area contributed by atoms with Crippen molar-refractivity contribution in [2.75, 3.05) is 18.9 Å². The van der Waals surface area contributed by atoms with Crippen LogP contribution in [0, 0.1) is 6.92 Å². The molecule has 6 heteroatoms. The maximum absolute atomic E-state index is 11.6. The van der Waals surface area contributed by atoms with Gasteiger partial charge in [0.2, 0.25) is 0 Å². The molecule has 1 aromatic heterocycles. The highest BCUT2D eigenvalue weighted by atomic mass is 32.1. The van der Waals surface area contributed by atoms with E-state index in [1.54, 1.807) is 0 Å². The Bertz CT molecular complexity index is 623. The summed E-state index contributed by atoms with van der Waals surface area (Å²) in [5.74, 6) is 0.566. The molecule has 2 aromatic rings. The predicted molar refractivity (Wildman–Crippen MR) is 90.1 cm³/mol. The molecule has 0 fully saturated rings. The number of aryl methyl sites for hydroxylation is 1. The number of hydrogen-bond donors (Lipinski definition) is 2. The van der Waals surface area contributed by atoms with Crippen LogP contribution in [0.4, 0.5) is 5.13 Å². The summed E-state index contributed by atoms with van der Waals surface area (Å²) in [6.45, 7) is 4.81. The summed E-state index contributed by atoms with van der Waals surface area (Å²) in [7, 11) is 0. The van der Waals surface area contributed by atoms with Gasteiger partial charge in [-0.3, -0.25) is 4.79 Å². The van der Waals surface area contributed by atoms with Crippen molar-refractivity contribution in [2.45, 2.75) is 26.7 Å². The van der Waals surface area contributed by atoms with Gasteiger partial charge in [0.25, 0.3) is 5.91 Å². The van der Waals surface area contributed by atoms with Crippen molar-refractivity contribution in [3.8, 4) is 17.0 Å². The number of nitrogen functional groups attached to an aromatic ring is 1. The van der Waals surface area contributed by atoms with Crippen molar-refractivity contribution in [1.82, 2.24) is 10.3 Å². The number of amides is 1. The van der Waals surface area contributed by atoms with E-state index in [0.717, 1.165) is 29.0 Å². The van der Waals surface area contributed by atoms with E-state index in [-0.39, 0.29) is 12.5 Å². The van der Waals surface area contributed by atoms with Crippen LogP contribution < -0.4 is 15.8 Å². The van der Waals surface area contributed by atoms with Crippen LogP contribution in [-0.2, 0) is 4.79 Å². The largest absolute Gasteiger partial charge is 0.484 e. The molecule has 2 rings (SSSR count). The molecule has 0 aliphatic carbocycles. The molecule has 1 aromatic carbocycles. The van der Waals surface area contributed by atoms with Crippen molar-refractivity contribution in [3.05, 3.63) is 29.1 Å². The average Bonchev–Trinajstić information content (AvgIpc) is 2.85. The lowest BCUT2D eigenvalue weighted by molar-refractivity contribution is -0.123. The van der Waals surface area contributed by atoms with E-state index in [9.17, 15) is 4.79 Å². The van der Waals surface area contributed by atoms with Gasteiger partial charge in [-0.1, -0.05) is 13.3 Å². The van der Waals surface area contributed by atoms with Crippen LogP contribution >= 0.6 is 11.3 Å². The smallest absolute Gasteiger partial charge is 0.257 e. The Labute approximate surface area is 134 Å². The Kier molecular flexibility index (Phi) is 5.77. The number of rotatable bonds is 7. The monoisotopic (exact) mass is 319 g/mol. The van der Waals surface area contributed by atoms with E-state index in [2.05, 4.69) is 17.2 Å². The number of unbranched alkanes of at least 4 members (excludes halogenated alkanes) is 1. The summed E-state index contributed by atoms with van der Waals surface area (Å²) in [4.78, 5) is 17.0. The number of ether oxygens (including phenoxy) is 1. The van der Waals surface area contributed by atoms with Crippen LogP contribution in [0.15, 0.2) is 24.3 Å². The second-order valence-corrected chi connectivity index (χ2v) is 6.21. The SMILES string of the molecule is CCCCNC(=O)COc1ccc(-c2nc(N)sc2C)cc1. The highest BCUT2D eigenvalue weighted by Gasteiger charge is 2.08. The van der Waals surface area contributed by atoms with E-state index in [0.29, 0.717) is 17.4 Å². The molecule has 1 heterocycles. The maximum Gasteiger partial charge on any atom is 0.257 e. The van der Waals surface area contributed by atoms with Crippen molar-refractivity contribution in [3.63, 3.8) is 0 Å². The molecule has 0 spiro atoms. The second-order valence-electron chi connectivity index (χ2n) is 4.97. The lowest BCUT2D eigenvalue weighted by Gasteiger charge is -2.07. The van der Waals surface area contributed by atoms with Crippen LogP contribution in [0.5, 0.6) is 5.75 Å². The predicted octanol–water partition coefficient (Wildman–Crippen LogP) is 3.00. The molecule has 0 aliphatic heterocycles. The highest BCUT2D eigenvalue weighted by Crippen LogP contribution is 2.29. The van der Waals surface area contributed by atoms with E-state index in [1.807, 2.05) is 31.2 Å². The van der Waals surface area contributed by atoms with Crippen molar-refractivity contribution < 1.29 is 9.53 Å². The number of nitrogens with zero attached hydrogens (tertiary/aromatic N) is 1. The lowest BCUT2D eigenvalue weighted by Crippen LogP contribution is -2.29. The first kappa shape index (κ1) is 16.3. The first-order valence-electron chi connectivity index (χ1n) is 7.33. The topological polar surface area (TPSA) is 77.2 Å². The molecule has 0 saturated heterocycles. The first-order valence-corrected chi connectivity index (χ1v) is 8.14. The standard InChI is InChI=1S/C16H21N3O2S/c1-3-4-9-18-14(20)10-21-13-7-5-12(6-8-13)15-11(2)22-16(17)19-15/h5-8H,3-4,9-10H2,1-2H3,(H2,17,19)(H,18,20). The number of hydrogen-bond acceptors (Lipinski definition) is 5. The van der Waals surface area contributed by atoms with Gasteiger partial charge in [-0.25, -0.2) is 4.98 Å². The number of nitrogens with one attached hydrogen (secondary N) is 1. The summed E-state index contributed by atoms with van der Waals surface area (Å²) in [6.07, 6.45) is 2.04. The van der Waals surface area contributed by atoms with E-state index >= 15 is 0 Å². The van der Waals surface area contributed by atoms with Gasteiger partial charge in [0.15, 0.2) is 11.7 Å². The summed E-state index contributed by atoms with van der Waals surface area (Å²) in [5.41, 5.74) is 7.60. The van der Waals surface area contributed by atoms with Gasteiger partial charge in [0.1, 0.15) is 5.75 Å². The minimum atomic E-state index is -0.0966. The number of aromatic nitrogens is 1. The minimum absolute atomic E-state index is 0.0335. The van der Waals surface area contributed by atoms with E-state index < -0.39 is 0 Å². The molecule has 0 atom stereocenters. The normalized spacial score (nSPS) is 10.5. The molecule has 3 N–H and O–H groups in total. The van der Waals surface area contributed by atoms with Gasteiger partial charge in [0.05, 0.1) is 5.69 Å². The fourth-order valence-corrected chi connectivity index (χ4v) is 2.71. The third-order valence-corrected chi connectivity index (χ3v) is 3.96. The highest BCUT2D eigenvalue weighted by molar-refractivity contribution is 7.15. The zero-order chi connectivity index (χ0) is 15.9. The summed E-state index contributed by atoms with van der Waals surface area (Å²) >= 11 is 1.47. The Balaban J connectivity index is 1.89. The maximum atomic E-state index is 11.6.